The number of ether oxygens (including phenoxy) is 1. The maximum atomic E-state index is 12.3. The molecule has 30 heavy (non-hydrogen) atoms. The first-order valence-corrected chi connectivity index (χ1v) is 10.5. The van der Waals surface area contributed by atoms with Crippen molar-refractivity contribution in [3.05, 3.63) is 71.9 Å². The number of nitrogens with zero attached hydrogens (tertiary/aromatic N) is 3. The lowest BCUT2D eigenvalue weighted by Gasteiger charge is -2.10. The highest BCUT2D eigenvalue weighted by atomic mass is 32.2. The summed E-state index contributed by atoms with van der Waals surface area (Å²) >= 11 is 0. The van der Waals surface area contributed by atoms with Crippen molar-refractivity contribution in [1.82, 2.24) is 9.78 Å². The van der Waals surface area contributed by atoms with Crippen molar-refractivity contribution in [2.24, 2.45) is 0 Å². The van der Waals surface area contributed by atoms with Gasteiger partial charge in [-0.15, -0.1) is 0 Å². The van der Waals surface area contributed by atoms with E-state index in [0.717, 1.165) is 6.26 Å². The summed E-state index contributed by atoms with van der Waals surface area (Å²) in [5.41, 5.74) is 0.884. The van der Waals surface area contributed by atoms with Crippen molar-refractivity contribution >= 4 is 27.5 Å². The summed E-state index contributed by atoms with van der Waals surface area (Å²) in [6.07, 6.45) is 2.37. The molecule has 10 heteroatoms. The highest BCUT2D eigenvalue weighted by Crippen LogP contribution is 2.19. The fourth-order valence-electron chi connectivity index (χ4n) is 2.54. The van der Waals surface area contributed by atoms with E-state index in [9.17, 15) is 23.3 Å². The third-order valence-electron chi connectivity index (χ3n) is 4.00. The summed E-state index contributed by atoms with van der Waals surface area (Å²) in [6, 6.07) is 16.0. The highest BCUT2D eigenvalue weighted by Gasteiger charge is 2.17. The molecule has 0 spiro atoms. The number of amides is 1. The van der Waals surface area contributed by atoms with Gasteiger partial charge in [-0.05, 0) is 36.4 Å². The van der Waals surface area contributed by atoms with Crippen LogP contribution in [0.15, 0.2) is 65.7 Å². The first-order chi connectivity index (χ1) is 14.3. The second kappa shape index (κ2) is 8.59. The number of hydrogen-bond donors (Lipinski definition) is 1. The Labute approximate surface area is 172 Å². The number of esters is 1. The summed E-state index contributed by atoms with van der Waals surface area (Å²) in [7, 11) is -3.38. The van der Waals surface area contributed by atoms with E-state index in [4.69, 9.17) is 4.74 Å². The average molecular weight is 424 g/mol. The summed E-state index contributed by atoms with van der Waals surface area (Å²) < 4.78 is 29.3. The van der Waals surface area contributed by atoms with E-state index in [1.807, 2.05) is 12.1 Å². The zero-order valence-corrected chi connectivity index (χ0v) is 16.6. The van der Waals surface area contributed by atoms with E-state index in [1.54, 1.807) is 24.3 Å². The van der Waals surface area contributed by atoms with Gasteiger partial charge in [0.1, 0.15) is 11.6 Å². The Morgan fingerprint density at radius 2 is 1.80 bits per heavy atom. The summed E-state index contributed by atoms with van der Waals surface area (Å²) in [5, 5.41) is 15.9. The predicted molar refractivity (Wildman–Crippen MR) is 107 cm³/mol. The normalized spacial score (nSPS) is 10.8. The van der Waals surface area contributed by atoms with Gasteiger partial charge in [0, 0.05) is 6.26 Å². The molecular weight excluding hydrogens is 408 g/mol. The SMILES string of the molecule is CS(=O)(=O)c1ccc(C(=O)OCC(=O)Nc2c(C#N)cnn2-c2ccccc2)cc1. The molecule has 1 N–H and O–H groups in total. The number of sulfone groups is 1. The van der Waals surface area contributed by atoms with E-state index < -0.39 is 28.3 Å². The van der Waals surface area contributed by atoms with Crippen LogP contribution in [-0.2, 0) is 19.4 Å². The minimum Gasteiger partial charge on any atom is -0.452 e. The van der Waals surface area contributed by atoms with Crippen LogP contribution >= 0.6 is 0 Å². The molecule has 3 rings (SSSR count). The minimum absolute atomic E-state index is 0.0648. The second-order valence-corrected chi connectivity index (χ2v) is 8.20. The Balaban J connectivity index is 1.67. The maximum Gasteiger partial charge on any atom is 0.338 e. The van der Waals surface area contributed by atoms with E-state index in [-0.39, 0.29) is 21.8 Å². The van der Waals surface area contributed by atoms with Crippen molar-refractivity contribution < 1.29 is 22.7 Å². The maximum absolute atomic E-state index is 12.3. The molecule has 0 atom stereocenters. The van der Waals surface area contributed by atoms with Gasteiger partial charge in [-0.3, -0.25) is 4.79 Å². The molecule has 0 radical (unpaired) electrons. The van der Waals surface area contributed by atoms with Crippen molar-refractivity contribution in [3.8, 4) is 11.8 Å². The number of carbonyl (C=O) groups excluding carboxylic acids is 2. The lowest BCUT2D eigenvalue weighted by atomic mass is 10.2. The Hall–Kier alpha value is -3.97. The van der Waals surface area contributed by atoms with E-state index in [2.05, 4.69) is 10.4 Å². The zero-order valence-electron chi connectivity index (χ0n) is 15.8. The van der Waals surface area contributed by atoms with E-state index in [0.29, 0.717) is 5.69 Å². The number of nitrogens with one attached hydrogen (secondary N) is 1. The largest absolute Gasteiger partial charge is 0.452 e. The second-order valence-electron chi connectivity index (χ2n) is 6.19. The van der Waals surface area contributed by atoms with Gasteiger partial charge >= 0.3 is 5.97 Å². The van der Waals surface area contributed by atoms with Gasteiger partial charge in [-0.1, -0.05) is 18.2 Å². The summed E-state index contributed by atoms with van der Waals surface area (Å²) in [6.45, 7) is -0.600. The Bertz CT molecular complexity index is 1230. The fraction of sp³-hybridized carbons (Fsp3) is 0.100. The van der Waals surface area contributed by atoms with E-state index in [1.165, 1.54) is 35.1 Å². The third-order valence-corrected chi connectivity index (χ3v) is 5.13. The number of aromatic nitrogens is 2. The van der Waals surface area contributed by atoms with Gasteiger partial charge in [0.05, 0.1) is 22.3 Å². The van der Waals surface area contributed by atoms with Crippen LogP contribution in [0.2, 0.25) is 0 Å². The Kier molecular flexibility index (Phi) is 5.94. The van der Waals surface area contributed by atoms with Crippen LogP contribution in [0.4, 0.5) is 5.82 Å². The van der Waals surface area contributed by atoms with Gasteiger partial charge < -0.3 is 10.1 Å². The topological polar surface area (TPSA) is 131 Å². The van der Waals surface area contributed by atoms with Gasteiger partial charge in [-0.25, -0.2) is 17.9 Å². The smallest absolute Gasteiger partial charge is 0.338 e. The lowest BCUT2D eigenvalue weighted by Crippen LogP contribution is -2.23. The molecule has 0 aliphatic rings. The van der Waals surface area contributed by atoms with Gasteiger partial charge in [0.15, 0.2) is 22.3 Å². The number of benzene rings is 2. The Morgan fingerprint density at radius 1 is 1.13 bits per heavy atom. The zero-order chi connectivity index (χ0) is 21.7. The molecule has 0 saturated carbocycles. The van der Waals surface area contributed by atoms with Crippen LogP contribution in [0, 0.1) is 11.3 Å². The highest BCUT2D eigenvalue weighted by molar-refractivity contribution is 7.90. The van der Waals surface area contributed by atoms with Crippen molar-refractivity contribution in [3.63, 3.8) is 0 Å². The van der Waals surface area contributed by atoms with Gasteiger partial charge in [0.2, 0.25) is 0 Å². The molecule has 0 saturated heterocycles. The van der Waals surface area contributed by atoms with E-state index >= 15 is 0 Å². The van der Waals surface area contributed by atoms with Crippen LogP contribution in [0.3, 0.4) is 0 Å². The third kappa shape index (κ3) is 4.71. The molecule has 0 unspecified atom stereocenters. The number of para-hydroxylation sites is 1. The first kappa shape index (κ1) is 20.8. The standard InChI is InChI=1S/C20H16N4O5S/c1-30(27,28)17-9-7-14(8-10-17)20(26)29-13-18(25)23-19-15(11-21)12-22-24(19)16-5-3-2-4-6-16/h2-10,12H,13H2,1H3,(H,23,25). The van der Waals surface area contributed by atoms with Crippen molar-refractivity contribution in [2.45, 2.75) is 4.90 Å². The quantitative estimate of drug-likeness (QED) is 0.598. The Morgan fingerprint density at radius 3 is 2.40 bits per heavy atom. The molecule has 0 aliphatic carbocycles. The molecule has 1 aromatic heterocycles. The molecular formula is C20H16N4O5S. The van der Waals surface area contributed by atoms with Gasteiger partial charge in [0.25, 0.3) is 5.91 Å². The van der Waals surface area contributed by atoms with Crippen molar-refractivity contribution in [1.29, 1.82) is 5.26 Å². The lowest BCUT2D eigenvalue weighted by molar-refractivity contribution is -0.119. The number of carbonyl (C=O) groups is 2. The molecule has 3 aromatic rings. The molecule has 0 fully saturated rings. The number of anilines is 1. The molecule has 2 aromatic carbocycles. The number of rotatable bonds is 6. The summed E-state index contributed by atoms with van der Waals surface area (Å²) in [4.78, 5) is 24.4. The van der Waals surface area contributed by atoms with Gasteiger partial charge in [-0.2, -0.15) is 10.4 Å². The molecule has 0 aliphatic heterocycles. The number of nitriles is 1. The predicted octanol–water partition coefficient (Wildman–Crippen LogP) is 1.94. The fourth-order valence-corrected chi connectivity index (χ4v) is 3.17. The van der Waals surface area contributed by atoms with Crippen LogP contribution in [0.25, 0.3) is 5.69 Å². The molecule has 1 amide bonds. The van der Waals surface area contributed by atoms with Crippen LogP contribution < -0.4 is 5.32 Å². The minimum atomic E-state index is -3.38. The van der Waals surface area contributed by atoms with Crippen LogP contribution in [-0.4, -0.2) is 42.9 Å². The molecule has 152 valence electrons. The number of hydrogen-bond acceptors (Lipinski definition) is 7. The molecule has 1 heterocycles. The van der Waals surface area contributed by atoms with Crippen LogP contribution in [0.1, 0.15) is 15.9 Å². The monoisotopic (exact) mass is 424 g/mol. The summed E-state index contributed by atoms with van der Waals surface area (Å²) in [5.74, 6) is -1.30. The molecule has 9 nitrogen and oxygen atoms in total. The average Bonchev–Trinajstić information content (AvgIpc) is 3.14. The van der Waals surface area contributed by atoms with Crippen molar-refractivity contribution in [2.75, 3.05) is 18.2 Å². The first-order valence-electron chi connectivity index (χ1n) is 8.60. The van der Waals surface area contributed by atoms with Crippen LogP contribution in [0.5, 0.6) is 0 Å². The molecule has 0 bridgehead atoms.